The van der Waals surface area contributed by atoms with E-state index in [0.717, 1.165) is 11.3 Å². The van der Waals surface area contributed by atoms with Gasteiger partial charge in [-0.25, -0.2) is 0 Å². The van der Waals surface area contributed by atoms with E-state index >= 15 is 0 Å². The molecule has 2 aliphatic rings. The smallest absolute Gasteiger partial charge is 0.324 e. The summed E-state index contributed by atoms with van der Waals surface area (Å²) in [5.41, 5.74) is 1.21. The Balaban J connectivity index is 1.59. The van der Waals surface area contributed by atoms with Crippen molar-refractivity contribution in [3.05, 3.63) is 38.8 Å². The summed E-state index contributed by atoms with van der Waals surface area (Å²) in [5.74, 6) is 0.256. The monoisotopic (exact) mass is 391 g/mol. The van der Waals surface area contributed by atoms with E-state index in [4.69, 9.17) is 0 Å². The zero-order chi connectivity index (χ0) is 19.9. The number of amides is 2. The molecule has 2 atom stereocenters. The normalized spacial score (nSPS) is 23.7. The van der Waals surface area contributed by atoms with Gasteiger partial charge in [-0.15, -0.1) is 0 Å². The lowest BCUT2D eigenvalue weighted by Gasteiger charge is -2.35. The maximum atomic E-state index is 12.9. The van der Waals surface area contributed by atoms with Gasteiger partial charge in [0.05, 0.1) is 15.7 Å². The SMILES string of the molecule is CC(C)=C[C@H]1[C@H](C(=O)N2CCN(C(=O)c3ccc([N+](=O)[O-])s3)CC2)C1(C)C. The van der Waals surface area contributed by atoms with Crippen LogP contribution < -0.4 is 0 Å². The van der Waals surface area contributed by atoms with E-state index < -0.39 is 4.92 Å². The molecular formula is C19H25N3O4S. The molecule has 146 valence electrons. The number of nitrogens with zero attached hydrogens (tertiary/aromatic N) is 3. The molecule has 0 unspecified atom stereocenters. The fourth-order valence-corrected chi connectivity index (χ4v) is 4.63. The first-order chi connectivity index (χ1) is 12.6. The third-order valence-corrected chi connectivity index (χ3v) is 6.58. The molecule has 0 aromatic carbocycles. The summed E-state index contributed by atoms with van der Waals surface area (Å²) in [7, 11) is 0. The third-order valence-electron chi connectivity index (χ3n) is 5.55. The summed E-state index contributed by atoms with van der Waals surface area (Å²) >= 11 is 0.893. The molecule has 1 saturated heterocycles. The fourth-order valence-electron chi connectivity index (χ4n) is 3.84. The molecule has 8 heteroatoms. The molecule has 2 amide bonds. The van der Waals surface area contributed by atoms with E-state index in [1.807, 2.05) is 4.90 Å². The number of nitro groups is 1. The molecule has 1 aliphatic carbocycles. The van der Waals surface area contributed by atoms with Crippen molar-refractivity contribution in [1.29, 1.82) is 0 Å². The minimum absolute atomic E-state index is 0.00889. The van der Waals surface area contributed by atoms with Gasteiger partial charge in [0.1, 0.15) is 0 Å². The number of rotatable bonds is 4. The van der Waals surface area contributed by atoms with Crippen LogP contribution >= 0.6 is 11.3 Å². The fraction of sp³-hybridized carbons (Fsp3) is 0.579. The standard InChI is InChI=1S/C19H25N3O4S/c1-12(2)11-13-16(19(13,3)4)18(24)21-9-7-20(8-10-21)17(23)14-5-6-15(27-14)22(25)26/h5-6,11,13,16H,7-10H2,1-4H3/t13-,16+/m0/s1. The summed E-state index contributed by atoms with van der Waals surface area (Å²) in [6.07, 6.45) is 2.19. The van der Waals surface area contributed by atoms with Crippen LogP contribution in [0.25, 0.3) is 0 Å². The minimum Gasteiger partial charge on any atom is -0.339 e. The van der Waals surface area contributed by atoms with Gasteiger partial charge in [0, 0.05) is 32.2 Å². The largest absolute Gasteiger partial charge is 0.339 e. The van der Waals surface area contributed by atoms with E-state index in [1.165, 1.54) is 17.7 Å². The van der Waals surface area contributed by atoms with E-state index in [1.54, 1.807) is 4.90 Å². The molecular weight excluding hydrogens is 366 g/mol. The molecule has 2 heterocycles. The van der Waals surface area contributed by atoms with Gasteiger partial charge in [-0.05, 0) is 31.2 Å². The highest BCUT2D eigenvalue weighted by molar-refractivity contribution is 7.17. The average Bonchev–Trinajstić information content (AvgIpc) is 2.98. The summed E-state index contributed by atoms with van der Waals surface area (Å²) in [4.78, 5) is 39.6. The minimum atomic E-state index is -0.488. The second-order valence-electron chi connectivity index (χ2n) is 8.08. The molecule has 3 rings (SSSR count). The zero-order valence-electron chi connectivity index (χ0n) is 16.1. The molecule has 0 bridgehead atoms. The predicted molar refractivity (Wildman–Crippen MR) is 104 cm³/mol. The van der Waals surface area contributed by atoms with Gasteiger partial charge in [0.15, 0.2) is 0 Å². The molecule has 1 saturated carbocycles. The quantitative estimate of drug-likeness (QED) is 0.448. The lowest BCUT2D eigenvalue weighted by atomic mass is 10.1. The van der Waals surface area contributed by atoms with Crippen LogP contribution in [0.1, 0.15) is 37.4 Å². The Labute approximate surface area is 162 Å². The van der Waals surface area contributed by atoms with E-state index in [9.17, 15) is 19.7 Å². The second kappa shape index (κ2) is 7.07. The molecule has 0 radical (unpaired) electrons. The molecule has 1 aromatic heterocycles. The maximum absolute atomic E-state index is 12.9. The number of carbonyl (C=O) groups is 2. The van der Waals surface area contributed by atoms with Gasteiger partial charge in [-0.1, -0.05) is 36.8 Å². The van der Waals surface area contributed by atoms with Crippen LogP contribution in [0.3, 0.4) is 0 Å². The summed E-state index contributed by atoms with van der Waals surface area (Å²) < 4.78 is 0. The Bertz CT molecular complexity index is 802. The lowest BCUT2D eigenvalue weighted by Crippen LogP contribution is -2.51. The van der Waals surface area contributed by atoms with Crippen molar-refractivity contribution in [2.24, 2.45) is 17.3 Å². The first-order valence-corrected chi connectivity index (χ1v) is 9.92. The van der Waals surface area contributed by atoms with Crippen LogP contribution in [-0.2, 0) is 4.79 Å². The summed E-state index contributed by atoms with van der Waals surface area (Å²) in [5, 5.41) is 10.8. The highest BCUT2D eigenvalue weighted by atomic mass is 32.1. The van der Waals surface area contributed by atoms with Gasteiger partial charge in [-0.2, -0.15) is 0 Å². The summed E-state index contributed by atoms with van der Waals surface area (Å²) in [6.45, 7) is 10.3. The molecule has 7 nitrogen and oxygen atoms in total. The van der Waals surface area contributed by atoms with Crippen LogP contribution in [-0.4, -0.2) is 52.7 Å². The number of allylic oxidation sites excluding steroid dienone is 2. The van der Waals surface area contributed by atoms with Gasteiger partial charge in [0.25, 0.3) is 5.91 Å². The van der Waals surface area contributed by atoms with Crippen LogP contribution in [0.2, 0.25) is 0 Å². The molecule has 1 aliphatic heterocycles. The van der Waals surface area contributed by atoms with Crippen molar-refractivity contribution in [2.45, 2.75) is 27.7 Å². The van der Waals surface area contributed by atoms with Crippen LogP contribution in [0.5, 0.6) is 0 Å². The third kappa shape index (κ3) is 3.76. The van der Waals surface area contributed by atoms with Gasteiger partial charge in [-0.3, -0.25) is 19.7 Å². The molecule has 2 fully saturated rings. The Morgan fingerprint density at radius 3 is 2.30 bits per heavy atom. The highest BCUT2D eigenvalue weighted by Gasteiger charge is 2.61. The molecule has 1 aromatic rings. The zero-order valence-corrected chi connectivity index (χ0v) is 16.9. The summed E-state index contributed by atoms with van der Waals surface area (Å²) in [6, 6.07) is 2.86. The van der Waals surface area contributed by atoms with E-state index in [2.05, 4.69) is 33.8 Å². The molecule has 0 spiro atoms. The average molecular weight is 391 g/mol. The Hall–Kier alpha value is -2.22. The number of hydrogen-bond acceptors (Lipinski definition) is 5. The maximum Gasteiger partial charge on any atom is 0.324 e. The van der Waals surface area contributed by atoms with E-state index in [-0.39, 0.29) is 34.1 Å². The number of carbonyl (C=O) groups excluding carboxylic acids is 2. The van der Waals surface area contributed by atoms with Crippen LogP contribution in [0.15, 0.2) is 23.8 Å². The molecule has 27 heavy (non-hydrogen) atoms. The molecule has 0 N–H and O–H groups in total. The first-order valence-electron chi connectivity index (χ1n) is 9.10. The van der Waals surface area contributed by atoms with Crippen LogP contribution in [0, 0.1) is 27.4 Å². The van der Waals surface area contributed by atoms with Crippen molar-refractivity contribution in [2.75, 3.05) is 26.2 Å². The lowest BCUT2D eigenvalue weighted by molar-refractivity contribution is -0.380. The van der Waals surface area contributed by atoms with Crippen molar-refractivity contribution in [3.8, 4) is 0 Å². The van der Waals surface area contributed by atoms with Crippen molar-refractivity contribution in [1.82, 2.24) is 9.80 Å². The number of thiophene rings is 1. The Morgan fingerprint density at radius 1 is 1.19 bits per heavy atom. The van der Waals surface area contributed by atoms with Gasteiger partial charge < -0.3 is 9.80 Å². The highest BCUT2D eigenvalue weighted by Crippen LogP contribution is 2.60. The number of hydrogen-bond donors (Lipinski definition) is 0. The van der Waals surface area contributed by atoms with Crippen molar-refractivity contribution < 1.29 is 14.5 Å². The van der Waals surface area contributed by atoms with Gasteiger partial charge >= 0.3 is 5.00 Å². The topological polar surface area (TPSA) is 83.8 Å². The number of piperazine rings is 1. The van der Waals surface area contributed by atoms with E-state index in [0.29, 0.717) is 31.1 Å². The first kappa shape index (κ1) is 19.5. The van der Waals surface area contributed by atoms with Gasteiger partial charge in [0.2, 0.25) is 5.91 Å². The van der Waals surface area contributed by atoms with Crippen molar-refractivity contribution in [3.63, 3.8) is 0 Å². The Kier molecular flexibility index (Phi) is 5.12. The van der Waals surface area contributed by atoms with Crippen LogP contribution in [0.4, 0.5) is 5.00 Å². The second-order valence-corrected chi connectivity index (χ2v) is 9.14. The Morgan fingerprint density at radius 2 is 1.78 bits per heavy atom. The predicted octanol–water partition coefficient (Wildman–Crippen LogP) is 3.18. The van der Waals surface area contributed by atoms with Crippen molar-refractivity contribution >= 4 is 28.2 Å².